The second kappa shape index (κ2) is 3.81. The molecule has 1 aromatic heterocycles. The van der Waals surface area contributed by atoms with Crippen molar-refractivity contribution in [2.45, 2.75) is 6.54 Å². The number of hydrogen-bond acceptors (Lipinski definition) is 1. The Bertz CT molecular complexity index is 597. The first-order valence-electron chi connectivity index (χ1n) is 5.37. The maximum atomic E-state index is 4.21. The third-order valence-electron chi connectivity index (χ3n) is 2.72. The molecule has 0 saturated carbocycles. The normalized spacial score (nSPS) is 10.8. The number of hydrogen-bond donors (Lipinski definition) is 0. The first kappa shape index (κ1) is 9.16. The summed E-state index contributed by atoms with van der Waals surface area (Å²) in [6, 6.07) is 16.9. The van der Waals surface area contributed by atoms with Gasteiger partial charge >= 0.3 is 0 Å². The molecule has 2 heteroatoms. The van der Waals surface area contributed by atoms with E-state index in [9.17, 15) is 0 Å². The van der Waals surface area contributed by atoms with Gasteiger partial charge in [0.2, 0.25) is 0 Å². The smallest absolute Gasteiger partial charge is 0.0659 e. The van der Waals surface area contributed by atoms with E-state index in [-0.39, 0.29) is 0 Å². The molecule has 0 atom stereocenters. The van der Waals surface area contributed by atoms with Gasteiger partial charge in [0.25, 0.3) is 0 Å². The minimum atomic E-state index is 0.831. The fourth-order valence-electron chi connectivity index (χ4n) is 1.92. The highest BCUT2D eigenvalue weighted by atomic mass is 15.3. The number of nitrogens with zero attached hydrogens (tertiary/aromatic N) is 2. The molecule has 2 nitrogen and oxygen atoms in total. The summed E-state index contributed by atoms with van der Waals surface area (Å²) in [5.74, 6) is 0. The molecule has 0 saturated heterocycles. The van der Waals surface area contributed by atoms with E-state index in [1.165, 1.54) is 16.3 Å². The van der Waals surface area contributed by atoms with Gasteiger partial charge in [-0.3, -0.25) is 4.68 Å². The van der Waals surface area contributed by atoms with Crippen molar-refractivity contribution in [2.24, 2.45) is 0 Å². The second-order valence-electron chi connectivity index (χ2n) is 3.89. The zero-order valence-electron chi connectivity index (χ0n) is 8.88. The molecule has 0 bridgehead atoms. The molecule has 0 aliphatic carbocycles. The number of rotatable bonds is 2. The number of benzene rings is 2. The molecule has 0 amide bonds. The van der Waals surface area contributed by atoms with Crippen LogP contribution in [0.15, 0.2) is 60.9 Å². The summed E-state index contributed by atoms with van der Waals surface area (Å²) in [5, 5.41) is 6.78. The summed E-state index contributed by atoms with van der Waals surface area (Å²) >= 11 is 0. The van der Waals surface area contributed by atoms with Gasteiger partial charge in [-0.25, -0.2) is 0 Å². The average Bonchev–Trinajstić information content (AvgIpc) is 2.82. The van der Waals surface area contributed by atoms with Crippen molar-refractivity contribution in [3.05, 3.63) is 66.5 Å². The summed E-state index contributed by atoms with van der Waals surface area (Å²) in [5.41, 5.74) is 1.28. The molecule has 78 valence electrons. The van der Waals surface area contributed by atoms with Crippen LogP contribution in [0.5, 0.6) is 0 Å². The van der Waals surface area contributed by atoms with Crippen molar-refractivity contribution < 1.29 is 0 Å². The molecule has 0 aliphatic heterocycles. The van der Waals surface area contributed by atoms with Gasteiger partial charge in [0.05, 0.1) is 6.54 Å². The Hall–Kier alpha value is -2.09. The Labute approximate surface area is 94.1 Å². The van der Waals surface area contributed by atoms with Crippen molar-refractivity contribution in [2.75, 3.05) is 0 Å². The first-order valence-corrected chi connectivity index (χ1v) is 5.37. The molecule has 0 aliphatic rings. The molecule has 0 unspecified atom stereocenters. The van der Waals surface area contributed by atoms with E-state index < -0.39 is 0 Å². The third-order valence-corrected chi connectivity index (χ3v) is 2.72. The minimum Gasteiger partial charge on any atom is -0.268 e. The fraction of sp³-hybridized carbons (Fsp3) is 0.0714. The summed E-state index contributed by atoms with van der Waals surface area (Å²) in [6.45, 7) is 0.831. The van der Waals surface area contributed by atoms with Crippen molar-refractivity contribution in [3.8, 4) is 0 Å². The largest absolute Gasteiger partial charge is 0.268 e. The van der Waals surface area contributed by atoms with Crippen molar-refractivity contribution in [1.82, 2.24) is 9.78 Å². The molecule has 16 heavy (non-hydrogen) atoms. The Balaban J connectivity index is 1.99. The van der Waals surface area contributed by atoms with Gasteiger partial charge in [-0.1, -0.05) is 36.4 Å². The Morgan fingerprint density at radius 2 is 1.81 bits per heavy atom. The maximum absolute atomic E-state index is 4.21. The molecule has 0 fully saturated rings. The summed E-state index contributed by atoms with van der Waals surface area (Å²) in [4.78, 5) is 0. The minimum absolute atomic E-state index is 0.831. The zero-order valence-corrected chi connectivity index (χ0v) is 8.88. The monoisotopic (exact) mass is 208 g/mol. The molecule has 3 rings (SSSR count). The highest BCUT2D eigenvalue weighted by molar-refractivity contribution is 5.82. The zero-order chi connectivity index (χ0) is 10.8. The fourth-order valence-corrected chi connectivity index (χ4v) is 1.92. The molecule has 2 aromatic carbocycles. The van der Waals surface area contributed by atoms with Crippen LogP contribution in [0.4, 0.5) is 0 Å². The predicted octanol–water partition coefficient (Wildman–Crippen LogP) is 3.08. The van der Waals surface area contributed by atoms with E-state index >= 15 is 0 Å². The van der Waals surface area contributed by atoms with E-state index in [0.29, 0.717) is 0 Å². The van der Waals surface area contributed by atoms with Gasteiger partial charge < -0.3 is 0 Å². The second-order valence-corrected chi connectivity index (χ2v) is 3.89. The van der Waals surface area contributed by atoms with E-state index in [0.717, 1.165) is 6.54 Å². The number of fused-ring (bicyclic) bond motifs is 1. The lowest BCUT2D eigenvalue weighted by Crippen LogP contribution is -1.99. The van der Waals surface area contributed by atoms with Crippen molar-refractivity contribution in [1.29, 1.82) is 0 Å². The van der Waals surface area contributed by atoms with Gasteiger partial charge in [-0.2, -0.15) is 5.10 Å². The summed E-state index contributed by atoms with van der Waals surface area (Å²) in [6.07, 6.45) is 3.79. The van der Waals surface area contributed by atoms with E-state index in [4.69, 9.17) is 0 Å². The van der Waals surface area contributed by atoms with Crippen LogP contribution in [0.2, 0.25) is 0 Å². The van der Waals surface area contributed by atoms with Gasteiger partial charge in [0, 0.05) is 12.4 Å². The van der Waals surface area contributed by atoms with Crippen molar-refractivity contribution >= 4 is 10.8 Å². The lowest BCUT2D eigenvalue weighted by Gasteiger charge is -2.04. The third kappa shape index (κ3) is 1.70. The van der Waals surface area contributed by atoms with Crippen LogP contribution in [-0.4, -0.2) is 9.78 Å². The van der Waals surface area contributed by atoms with E-state index in [2.05, 4.69) is 47.6 Å². The van der Waals surface area contributed by atoms with Crippen LogP contribution in [0.3, 0.4) is 0 Å². The quantitative estimate of drug-likeness (QED) is 0.632. The lowest BCUT2D eigenvalue weighted by molar-refractivity contribution is 0.687. The molecular formula is C14H12N2. The Morgan fingerprint density at radius 3 is 2.62 bits per heavy atom. The van der Waals surface area contributed by atoms with Gasteiger partial charge in [-0.15, -0.1) is 0 Å². The van der Waals surface area contributed by atoms with E-state index in [1.54, 1.807) is 6.20 Å². The Kier molecular flexibility index (Phi) is 2.18. The van der Waals surface area contributed by atoms with Gasteiger partial charge in [-0.05, 0) is 28.5 Å². The molecule has 0 radical (unpaired) electrons. The van der Waals surface area contributed by atoms with Crippen LogP contribution in [0.1, 0.15) is 5.56 Å². The summed E-state index contributed by atoms with van der Waals surface area (Å²) in [7, 11) is 0. The molecule has 3 aromatic rings. The topological polar surface area (TPSA) is 17.8 Å². The lowest BCUT2D eigenvalue weighted by atomic mass is 10.1. The first-order chi connectivity index (χ1) is 7.92. The highest BCUT2D eigenvalue weighted by Crippen LogP contribution is 2.16. The van der Waals surface area contributed by atoms with Crippen molar-refractivity contribution in [3.63, 3.8) is 0 Å². The standard InChI is InChI=1S/C14H12N2/c1-2-5-14-10-12(6-7-13(14)4-1)11-16-9-3-8-15-16/h1-10H,11H2. The molecule has 0 spiro atoms. The van der Waals surface area contributed by atoms with Crippen LogP contribution in [0.25, 0.3) is 10.8 Å². The van der Waals surface area contributed by atoms with Crippen LogP contribution >= 0.6 is 0 Å². The molecular weight excluding hydrogens is 196 g/mol. The average molecular weight is 208 g/mol. The summed E-state index contributed by atoms with van der Waals surface area (Å²) < 4.78 is 1.93. The van der Waals surface area contributed by atoms with Gasteiger partial charge in [0.1, 0.15) is 0 Å². The number of aromatic nitrogens is 2. The Morgan fingerprint density at radius 1 is 0.938 bits per heavy atom. The van der Waals surface area contributed by atoms with Crippen LogP contribution < -0.4 is 0 Å². The van der Waals surface area contributed by atoms with Crippen LogP contribution in [0, 0.1) is 0 Å². The highest BCUT2D eigenvalue weighted by Gasteiger charge is 1.97. The predicted molar refractivity (Wildman–Crippen MR) is 65.3 cm³/mol. The van der Waals surface area contributed by atoms with E-state index in [1.807, 2.05) is 16.9 Å². The maximum Gasteiger partial charge on any atom is 0.0659 e. The molecule has 1 heterocycles. The molecule has 0 N–H and O–H groups in total. The van der Waals surface area contributed by atoms with Gasteiger partial charge in [0.15, 0.2) is 0 Å². The van der Waals surface area contributed by atoms with Crippen LogP contribution in [-0.2, 0) is 6.54 Å². The SMILES string of the molecule is c1ccc2cc(Cn3cccn3)ccc2c1.